The van der Waals surface area contributed by atoms with Crippen molar-refractivity contribution >= 4 is 15.4 Å². The first kappa shape index (κ1) is 12.2. The molecule has 0 aromatic heterocycles. The van der Waals surface area contributed by atoms with Gasteiger partial charge in [-0.3, -0.25) is 4.57 Å². The fourth-order valence-corrected chi connectivity index (χ4v) is 2.43. The van der Waals surface area contributed by atoms with Crippen LogP contribution in [-0.2, 0) is 14.0 Å². The predicted molar refractivity (Wildman–Crippen MR) is 53.6 cm³/mol. The first-order chi connectivity index (χ1) is 6.42. The molecule has 14 heavy (non-hydrogen) atoms. The van der Waals surface area contributed by atoms with Gasteiger partial charge < -0.3 is 14.4 Å². The van der Waals surface area contributed by atoms with Crippen LogP contribution in [0.3, 0.4) is 0 Å². The summed E-state index contributed by atoms with van der Waals surface area (Å²) < 4.78 is 21.4. The first-order valence-electron chi connectivity index (χ1n) is 4.40. The Morgan fingerprint density at radius 2 is 2.43 bits per heavy atom. The molecule has 7 heteroatoms. The average molecular weight is 219 g/mol. The molecular formula is C7H15BNO4P. The zero-order chi connectivity index (χ0) is 10.8. The van der Waals surface area contributed by atoms with E-state index in [2.05, 4.69) is 5.09 Å². The first-order valence-corrected chi connectivity index (χ1v) is 6.51. The molecule has 1 aliphatic rings. The molecule has 2 radical (unpaired) electrons. The van der Waals surface area contributed by atoms with E-state index < -0.39 is 7.52 Å². The molecule has 80 valence electrons. The molecule has 0 aromatic carbocycles. The summed E-state index contributed by atoms with van der Waals surface area (Å²) in [5, 5.41) is 2.61. The monoisotopic (exact) mass is 219 g/mol. The van der Waals surface area contributed by atoms with Crippen LogP contribution in [0.15, 0.2) is 0 Å². The second-order valence-corrected chi connectivity index (χ2v) is 5.54. The lowest BCUT2D eigenvalue weighted by Gasteiger charge is -2.20. The normalized spacial score (nSPS) is 36.9. The van der Waals surface area contributed by atoms with Crippen molar-refractivity contribution in [1.29, 1.82) is 0 Å². The highest BCUT2D eigenvalue weighted by atomic mass is 31.2. The minimum absolute atomic E-state index is 0.217. The van der Waals surface area contributed by atoms with Gasteiger partial charge in [-0.05, 0) is 6.42 Å². The minimum atomic E-state index is -3.24. The van der Waals surface area contributed by atoms with Crippen molar-refractivity contribution in [3.05, 3.63) is 0 Å². The summed E-state index contributed by atoms with van der Waals surface area (Å²) in [6, 6.07) is -0.606. The van der Waals surface area contributed by atoms with Crippen LogP contribution in [-0.4, -0.2) is 51.3 Å². The van der Waals surface area contributed by atoms with E-state index in [0.717, 1.165) is 0 Å². The van der Waals surface area contributed by atoms with Crippen molar-refractivity contribution < 1.29 is 18.9 Å². The van der Waals surface area contributed by atoms with Gasteiger partial charge in [-0.2, -0.15) is 0 Å². The van der Waals surface area contributed by atoms with Crippen molar-refractivity contribution in [2.45, 2.75) is 24.6 Å². The highest BCUT2D eigenvalue weighted by Crippen LogP contribution is 2.33. The summed E-state index contributed by atoms with van der Waals surface area (Å²) in [6.07, 6.45) is 0.266. The van der Waals surface area contributed by atoms with Crippen molar-refractivity contribution in [2.75, 3.05) is 20.4 Å². The molecule has 0 bridgehead atoms. The van der Waals surface area contributed by atoms with Crippen LogP contribution >= 0.6 is 7.52 Å². The number of ether oxygens (including phenoxy) is 2. The highest BCUT2D eigenvalue weighted by molar-refractivity contribution is 7.55. The Labute approximate surface area is 85.1 Å². The van der Waals surface area contributed by atoms with E-state index >= 15 is 0 Å². The molecule has 4 atom stereocenters. The molecule has 1 saturated heterocycles. The van der Waals surface area contributed by atoms with E-state index in [1.807, 2.05) is 0 Å². The summed E-state index contributed by atoms with van der Waals surface area (Å²) in [5.74, 6) is 0. The number of hydrogen-bond acceptors (Lipinski definition) is 3. The van der Waals surface area contributed by atoms with E-state index in [4.69, 9.17) is 22.2 Å². The molecular weight excluding hydrogens is 204 g/mol. The average Bonchev–Trinajstić information content (AvgIpc) is 2.28. The van der Waals surface area contributed by atoms with Crippen LogP contribution in [0, 0.1) is 0 Å². The van der Waals surface area contributed by atoms with Crippen molar-refractivity contribution in [2.24, 2.45) is 0 Å². The molecule has 5 nitrogen and oxygen atoms in total. The van der Waals surface area contributed by atoms with Gasteiger partial charge in [-0.1, -0.05) is 0 Å². The quantitative estimate of drug-likeness (QED) is 0.501. The summed E-state index contributed by atoms with van der Waals surface area (Å²) in [5.41, 5.74) is 0. The van der Waals surface area contributed by atoms with Gasteiger partial charge in [0.15, 0.2) is 0 Å². The Kier molecular flexibility index (Phi) is 4.16. The lowest BCUT2D eigenvalue weighted by molar-refractivity contribution is 0.0181. The van der Waals surface area contributed by atoms with Gasteiger partial charge in [0.05, 0.1) is 12.7 Å². The molecule has 2 N–H and O–H groups in total. The fourth-order valence-electron chi connectivity index (χ4n) is 1.54. The molecule has 0 spiro atoms. The SMILES string of the molecule is [B][C@H]1CC(NP(C)(=O)O)[C@@H](COC)O1. The molecule has 2 unspecified atom stereocenters. The Morgan fingerprint density at radius 3 is 2.93 bits per heavy atom. The largest absolute Gasteiger partial charge is 0.382 e. The predicted octanol–water partition coefficient (Wildman–Crippen LogP) is -0.310. The van der Waals surface area contributed by atoms with Gasteiger partial charge in [0.25, 0.3) is 7.52 Å². The lowest BCUT2D eigenvalue weighted by atomic mass is 9.95. The third kappa shape index (κ3) is 3.71. The van der Waals surface area contributed by atoms with E-state index in [1.54, 1.807) is 7.11 Å². The van der Waals surface area contributed by atoms with Gasteiger partial charge >= 0.3 is 0 Å². The molecule has 1 rings (SSSR count). The topological polar surface area (TPSA) is 67.8 Å². The molecule has 0 saturated carbocycles. The summed E-state index contributed by atoms with van der Waals surface area (Å²) >= 11 is 0. The number of hydrogen-bond donors (Lipinski definition) is 2. The third-order valence-electron chi connectivity index (χ3n) is 2.02. The second-order valence-electron chi connectivity index (χ2n) is 3.52. The van der Waals surface area contributed by atoms with E-state index in [-0.39, 0.29) is 18.1 Å². The Hall–Kier alpha value is 0.135. The molecule has 1 aliphatic heterocycles. The van der Waals surface area contributed by atoms with E-state index in [9.17, 15) is 4.57 Å². The summed E-state index contributed by atoms with van der Waals surface area (Å²) in [6.45, 7) is 1.62. The molecule has 1 heterocycles. The fraction of sp³-hybridized carbons (Fsp3) is 1.00. The van der Waals surface area contributed by atoms with Gasteiger partial charge in [0, 0.05) is 25.8 Å². The zero-order valence-electron chi connectivity index (χ0n) is 8.34. The van der Waals surface area contributed by atoms with E-state index in [1.165, 1.54) is 6.66 Å². The molecule has 1 fully saturated rings. The molecule has 0 aliphatic carbocycles. The number of rotatable bonds is 4. The second kappa shape index (κ2) is 4.77. The van der Waals surface area contributed by atoms with Crippen LogP contribution in [0.2, 0.25) is 0 Å². The summed E-state index contributed by atoms with van der Waals surface area (Å²) in [7, 11) is 3.88. The van der Waals surface area contributed by atoms with Gasteiger partial charge in [-0.25, -0.2) is 5.09 Å². The lowest BCUT2D eigenvalue weighted by Crippen LogP contribution is -2.36. The van der Waals surface area contributed by atoms with Gasteiger partial charge in [0.1, 0.15) is 7.85 Å². The standard InChI is InChI=1S/C7H15BNO4P/c1-12-4-6-5(3-7(8)13-6)9-14(2,10)11/h5-7H,3-4H2,1-2H3,(H2,9,10,11)/t5?,6-,7-/m1/s1. The maximum Gasteiger partial charge on any atom is 0.264 e. The van der Waals surface area contributed by atoms with Crippen LogP contribution in [0.25, 0.3) is 0 Å². The van der Waals surface area contributed by atoms with E-state index in [0.29, 0.717) is 13.0 Å². The van der Waals surface area contributed by atoms with Gasteiger partial charge in [-0.15, -0.1) is 0 Å². The maximum atomic E-state index is 11.1. The van der Waals surface area contributed by atoms with Crippen molar-refractivity contribution in [3.63, 3.8) is 0 Å². The maximum absolute atomic E-state index is 11.1. The third-order valence-corrected chi connectivity index (χ3v) is 2.83. The van der Waals surface area contributed by atoms with Gasteiger partial charge in [0.2, 0.25) is 0 Å². The molecule has 0 aromatic rings. The van der Waals surface area contributed by atoms with Crippen LogP contribution < -0.4 is 5.09 Å². The van der Waals surface area contributed by atoms with Crippen molar-refractivity contribution in [3.8, 4) is 0 Å². The smallest absolute Gasteiger partial charge is 0.264 e. The highest BCUT2D eigenvalue weighted by Gasteiger charge is 2.34. The van der Waals surface area contributed by atoms with Crippen LogP contribution in [0.4, 0.5) is 0 Å². The Bertz CT molecular complexity index is 234. The number of nitrogens with one attached hydrogen (secondary N) is 1. The summed E-state index contributed by atoms with van der Waals surface area (Å²) in [4.78, 5) is 9.16. The van der Waals surface area contributed by atoms with Crippen LogP contribution in [0.1, 0.15) is 6.42 Å². The number of methoxy groups -OCH3 is 1. The minimum Gasteiger partial charge on any atom is -0.382 e. The Balaban J connectivity index is 2.53. The van der Waals surface area contributed by atoms with Crippen LogP contribution in [0.5, 0.6) is 0 Å². The Morgan fingerprint density at radius 1 is 1.79 bits per heavy atom. The zero-order valence-corrected chi connectivity index (χ0v) is 9.24. The van der Waals surface area contributed by atoms with Crippen molar-refractivity contribution in [1.82, 2.24) is 5.09 Å². The molecule has 0 amide bonds.